The smallest absolute Gasteiger partial charge is 0.166 e. The zero-order valence-electron chi connectivity index (χ0n) is 38.6. The molecule has 0 aliphatic carbocycles. The maximum absolute atomic E-state index is 10.5. The molecule has 0 aliphatic rings. The number of fused-ring (bicyclic) bond motifs is 6. The molecule has 0 N–H and O–H groups in total. The Morgan fingerprint density at radius 3 is 1.38 bits per heavy atom. The third-order valence-electron chi connectivity index (χ3n) is 13.7. The van der Waals surface area contributed by atoms with Crippen LogP contribution in [0.3, 0.4) is 0 Å². The Labute approximate surface area is 415 Å². The Kier molecular flexibility index (Phi) is 10.1. The van der Waals surface area contributed by atoms with Crippen LogP contribution in [-0.2, 0) is 0 Å². The van der Waals surface area contributed by atoms with Crippen LogP contribution in [0.5, 0.6) is 0 Å². The van der Waals surface area contributed by atoms with Gasteiger partial charge in [-0.15, -0.1) is 0 Å². The summed E-state index contributed by atoms with van der Waals surface area (Å²) in [5, 5.41) is 25.3. The third-order valence-corrected chi connectivity index (χ3v) is 13.7. The molecule has 0 spiro atoms. The Balaban J connectivity index is 1.09. The van der Waals surface area contributed by atoms with Gasteiger partial charge in [0.1, 0.15) is 0 Å². The first-order chi connectivity index (χ1) is 35.6. The van der Waals surface area contributed by atoms with E-state index in [4.69, 9.17) is 15.0 Å². The number of nitriles is 2. The first kappa shape index (κ1) is 41.9. The van der Waals surface area contributed by atoms with Crippen LogP contribution < -0.4 is 0 Å². The topological polar surface area (TPSA) is 96.1 Å². The summed E-state index contributed by atoms with van der Waals surface area (Å²) in [6, 6.07) is 85.5. The number of hydrogen-bond donors (Lipinski definition) is 0. The molecule has 0 saturated heterocycles. The lowest BCUT2D eigenvalue weighted by atomic mass is 9.97. The van der Waals surface area contributed by atoms with Crippen molar-refractivity contribution in [1.82, 2.24) is 24.1 Å². The van der Waals surface area contributed by atoms with E-state index in [0.29, 0.717) is 34.2 Å². The van der Waals surface area contributed by atoms with E-state index in [1.165, 1.54) is 0 Å². The summed E-state index contributed by atoms with van der Waals surface area (Å²) in [4.78, 5) is 16.1. The average Bonchev–Trinajstić information content (AvgIpc) is 3.97. The number of rotatable bonds is 8. The lowest BCUT2D eigenvalue weighted by molar-refractivity contribution is 1.06. The van der Waals surface area contributed by atoms with Crippen LogP contribution in [0.15, 0.2) is 237 Å². The van der Waals surface area contributed by atoms with Gasteiger partial charge in [-0.3, -0.25) is 0 Å². The van der Waals surface area contributed by atoms with Gasteiger partial charge in [-0.2, -0.15) is 10.5 Å². The molecule has 0 unspecified atom stereocenters. The predicted octanol–water partition coefficient (Wildman–Crippen LogP) is 15.8. The molecule has 0 saturated carbocycles. The van der Waals surface area contributed by atoms with E-state index in [1.807, 2.05) is 91.0 Å². The van der Waals surface area contributed by atoms with Crippen molar-refractivity contribution >= 4 is 43.6 Å². The fourth-order valence-electron chi connectivity index (χ4n) is 10.3. The molecule has 0 fully saturated rings. The van der Waals surface area contributed by atoms with Crippen molar-refractivity contribution in [2.24, 2.45) is 0 Å². The summed E-state index contributed by atoms with van der Waals surface area (Å²) in [6.07, 6.45) is 0. The van der Waals surface area contributed by atoms with Gasteiger partial charge in [0.2, 0.25) is 0 Å². The summed E-state index contributed by atoms with van der Waals surface area (Å²) < 4.78 is 4.55. The highest BCUT2D eigenvalue weighted by Crippen LogP contribution is 2.42. The summed E-state index contributed by atoms with van der Waals surface area (Å²) >= 11 is 0. The molecule has 72 heavy (non-hydrogen) atoms. The van der Waals surface area contributed by atoms with Crippen LogP contribution in [0, 0.1) is 22.7 Å². The predicted molar refractivity (Wildman–Crippen MR) is 291 cm³/mol. The fraction of sp³-hybridized carbons (Fsp3) is 0. The molecule has 7 nitrogen and oxygen atoms in total. The average molecular weight is 918 g/mol. The van der Waals surface area contributed by atoms with Crippen LogP contribution in [0.2, 0.25) is 0 Å². The molecule has 0 amide bonds. The number of hydrogen-bond acceptors (Lipinski definition) is 5. The van der Waals surface area contributed by atoms with E-state index < -0.39 is 0 Å². The SMILES string of the molecule is N#Cc1ccc(-n2c3ccccc3c3cc(-c4ccccc4)ccc32)c(-c2nc(-c3ccccc3)nc(-c3ccc(-c4ccccc4C#N)cc3-n3c4ccccc4c4cc(-c5ccccc5)ccc43)n2)c1. The number of aromatic nitrogens is 5. The van der Waals surface area contributed by atoms with Gasteiger partial charge in [0.05, 0.1) is 56.7 Å². The van der Waals surface area contributed by atoms with Gasteiger partial charge in [-0.25, -0.2) is 15.0 Å². The van der Waals surface area contributed by atoms with Crippen LogP contribution in [0.4, 0.5) is 0 Å². The normalized spacial score (nSPS) is 11.3. The van der Waals surface area contributed by atoms with E-state index in [0.717, 1.165) is 99.5 Å². The zero-order valence-corrected chi connectivity index (χ0v) is 38.6. The Bertz CT molecular complexity index is 4350. The quantitative estimate of drug-likeness (QED) is 0.151. The van der Waals surface area contributed by atoms with Gasteiger partial charge in [0, 0.05) is 38.2 Å². The zero-order chi connectivity index (χ0) is 48.1. The van der Waals surface area contributed by atoms with Crippen molar-refractivity contribution in [2.75, 3.05) is 0 Å². The largest absolute Gasteiger partial charge is 0.308 e. The Morgan fingerprint density at radius 2 is 0.778 bits per heavy atom. The third kappa shape index (κ3) is 7.08. The van der Waals surface area contributed by atoms with Crippen molar-refractivity contribution in [1.29, 1.82) is 10.5 Å². The molecule has 0 radical (unpaired) electrons. The van der Waals surface area contributed by atoms with E-state index in [-0.39, 0.29) is 0 Å². The summed E-state index contributed by atoms with van der Waals surface area (Å²) in [6.45, 7) is 0. The fourth-order valence-corrected chi connectivity index (χ4v) is 10.3. The van der Waals surface area contributed by atoms with E-state index >= 15 is 0 Å². The second-order valence-electron chi connectivity index (χ2n) is 17.8. The van der Waals surface area contributed by atoms with Gasteiger partial charge in [-0.05, 0) is 106 Å². The van der Waals surface area contributed by atoms with Crippen LogP contribution in [0.1, 0.15) is 11.1 Å². The molecule has 10 aromatic carbocycles. The second-order valence-corrected chi connectivity index (χ2v) is 17.8. The highest BCUT2D eigenvalue weighted by molar-refractivity contribution is 6.12. The molecule has 0 aliphatic heterocycles. The first-order valence-electron chi connectivity index (χ1n) is 23.8. The maximum atomic E-state index is 10.5. The molecule has 3 heterocycles. The first-order valence-corrected chi connectivity index (χ1v) is 23.8. The minimum absolute atomic E-state index is 0.414. The van der Waals surface area contributed by atoms with Gasteiger partial charge in [0.25, 0.3) is 0 Å². The van der Waals surface area contributed by atoms with Gasteiger partial charge < -0.3 is 9.13 Å². The molecule has 13 aromatic rings. The number of nitrogens with zero attached hydrogens (tertiary/aromatic N) is 7. The van der Waals surface area contributed by atoms with Crippen LogP contribution in [-0.4, -0.2) is 24.1 Å². The number of benzene rings is 10. The monoisotopic (exact) mass is 917 g/mol. The molecule has 7 heteroatoms. The van der Waals surface area contributed by atoms with Crippen molar-refractivity contribution < 1.29 is 0 Å². The van der Waals surface area contributed by atoms with Crippen LogP contribution >= 0.6 is 0 Å². The molecule has 13 rings (SSSR count). The van der Waals surface area contributed by atoms with Gasteiger partial charge in [0.15, 0.2) is 17.5 Å². The van der Waals surface area contributed by atoms with Crippen molar-refractivity contribution in [3.05, 3.63) is 248 Å². The molecule has 334 valence electrons. The highest BCUT2D eigenvalue weighted by atomic mass is 15.1. The van der Waals surface area contributed by atoms with Crippen LogP contribution in [0.25, 0.3) is 123 Å². The minimum Gasteiger partial charge on any atom is -0.308 e. The summed E-state index contributed by atoms with van der Waals surface area (Å²) in [5.41, 5.74) is 15.2. The Morgan fingerprint density at radius 1 is 0.292 bits per heavy atom. The minimum atomic E-state index is 0.414. The molecule has 3 aromatic heterocycles. The van der Waals surface area contributed by atoms with Gasteiger partial charge in [-0.1, -0.05) is 164 Å². The van der Waals surface area contributed by atoms with Gasteiger partial charge >= 0.3 is 0 Å². The summed E-state index contributed by atoms with van der Waals surface area (Å²) in [7, 11) is 0. The van der Waals surface area contributed by atoms with Crippen molar-refractivity contribution in [2.45, 2.75) is 0 Å². The second kappa shape index (κ2) is 17.4. The van der Waals surface area contributed by atoms with E-state index in [1.54, 1.807) is 0 Å². The molecular formula is C65H39N7. The lowest BCUT2D eigenvalue weighted by Gasteiger charge is -2.18. The maximum Gasteiger partial charge on any atom is 0.166 e. The van der Waals surface area contributed by atoms with E-state index in [2.05, 4.69) is 167 Å². The summed E-state index contributed by atoms with van der Waals surface area (Å²) in [5.74, 6) is 1.35. The lowest BCUT2D eigenvalue weighted by Crippen LogP contribution is -2.06. The Hall–Kier alpha value is -10.2. The standard InChI is InChI=1S/C65H39N7/c66-40-42-28-33-61(71-57-26-14-12-24-51(57)54-37-46(30-34-59(54)71)43-16-4-1-5-17-43)56(36-42)65-69-63(45-20-8-3-9-21-45)68-64(70-65)53-32-29-48(50-23-11-10-22-49(50)41-67)39-62(53)72-58-27-15-13-25-52(58)55-38-47(31-35-60(55)72)44-18-6-2-7-19-44/h1-39H. The molecule has 0 atom stereocenters. The van der Waals surface area contributed by atoms with Crippen molar-refractivity contribution in [3.63, 3.8) is 0 Å². The number of para-hydroxylation sites is 2. The molecular weight excluding hydrogens is 879 g/mol. The highest BCUT2D eigenvalue weighted by Gasteiger charge is 2.24. The van der Waals surface area contributed by atoms with E-state index in [9.17, 15) is 10.5 Å². The van der Waals surface area contributed by atoms with Crippen molar-refractivity contribution in [3.8, 4) is 91.1 Å². The molecule has 0 bridgehead atoms.